The van der Waals surface area contributed by atoms with Gasteiger partial charge in [-0.1, -0.05) is 0 Å². The Kier molecular flexibility index (Phi) is 2.53. The first-order chi connectivity index (χ1) is 6.88. The fourth-order valence-electron chi connectivity index (χ4n) is 1.55. The van der Waals surface area contributed by atoms with E-state index in [0.717, 1.165) is 18.1 Å². The van der Waals surface area contributed by atoms with Crippen molar-refractivity contribution < 1.29 is 0 Å². The fourth-order valence-corrected chi connectivity index (χ4v) is 1.55. The van der Waals surface area contributed by atoms with Crippen LogP contribution >= 0.6 is 0 Å². The maximum Gasteiger partial charge on any atom is 0.126 e. The van der Waals surface area contributed by atoms with Crippen molar-refractivity contribution >= 4 is 11.9 Å². The minimum absolute atomic E-state index is 0.714. The second kappa shape index (κ2) is 3.99. The molecule has 1 aliphatic rings. The highest BCUT2D eigenvalue weighted by atomic mass is 14.3. The zero-order valence-electron chi connectivity index (χ0n) is 7.90. The molecule has 14 heavy (non-hydrogen) atoms. The van der Waals surface area contributed by atoms with Crippen molar-refractivity contribution in [3.8, 4) is 0 Å². The molecule has 0 saturated carbocycles. The van der Waals surface area contributed by atoms with Crippen molar-refractivity contribution in [1.82, 2.24) is 0 Å². The van der Waals surface area contributed by atoms with Gasteiger partial charge in [0, 0.05) is 30.6 Å². The van der Waals surface area contributed by atoms with Crippen LogP contribution < -0.4 is 10.4 Å². The molecular weight excluding hydrogens is 170 g/mol. The van der Waals surface area contributed by atoms with Crippen LogP contribution in [0.2, 0.25) is 0 Å². The summed E-state index contributed by atoms with van der Waals surface area (Å²) in [5.41, 5.74) is 1.30. The number of rotatable bonds is 1. The Morgan fingerprint density at radius 1 is 1.29 bits per heavy atom. The summed E-state index contributed by atoms with van der Waals surface area (Å²) in [5, 5.41) is 10.5. The third kappa shape index (κ3) is 1.95. The van der Waals surface area contributed by atoms with E-state index in [9.17, 15) is 0 Å². The number of allylic oxidation sites excluding steroid dienone is 2. The van der Waals surface area contributed by atoms with Crippen molar-refractivity contribution in [2.24, 2.45) is 0 Å². The first-order valence-electron chi connectivity index (χ1n) is 4.77. The molecule has 0 saturated heterocycles. The molecular formula is C13H11N. The summed E-state index contributed by atoms with van der Waals surface area (Å²) >= 11 is 0. The Morgan fingerprint density at radius 3 is 2.64 bits per heavy atom. The third-order valence-electron chi connectivity index (χ3n) is 2.30. The number of hydrogen-bond donors (Lipinski definition) is 0. The molecule has 2 rings (SSSR count). The highest BCUT2D eigenvalue weighted by Crippen LogP contribution is 2.16. The lowest BCUT2D eigenvalue weighted by Gasteiger charge is -1.85. The van der Waals surface area contributed by atoms with E-state index in [1.165, 1.54) is 5.57 Å². The van der Waals surface area contributed by atoms with Crippen LogP contribution in [0.25, 0.3) is 11.5 Å². The van der Waals surface area contributed by atoms with Gasteiger partial charge in [0.05, 0.1) is 6.08 Å². The highest BCUT2D eigenvalue weighted by molar-refractivity contribution is 5.56. The lowest BCUT2D eigenvalue weighted by molar-refractivity contribution is 1.06. The SMILES string of the molecule is [N-]=C=c1ccc(=CC2=CCC[CH+]2)cc1. The summed E-state index contributed by atoms with van der Waals surface area (Å²) in [6, 6.07) is 7.65. The van der Waals surface area contributed by atoms with E-state index < -0.39 is 0 Å². The number of nitrogens with zero attached hydrogens (tertiary/aromatic N) is 1. The summed E-state index contributed by atoms with van der Waals surface area (Å²) in [6.45, 7) is 0. The molecule has 0 spiro atoms. The van der Waals surface area contributed by atoms with E-state index in [-0.39, 0.29) is 0 Å². The standard InChI is InChI=1S/C13H11N/c14-10-13-7-5-12(6-8-13)9-11-3-1-2-4-11/h3-9H,1-2H2. The molecule has 0 fully saturated rings. The Hall–Kier alpha value is -1.72. The molecule has 0 atom stereocenters. The van der Waals surface area contributed by atoms with Gasteiger partial charge in [-0.15, -0.1) is 0 Å². The molecule has 68 valence electrons. The van der Waals surface area contributed by atoms with Gasteiger partial charge in [-0.3, -0.25) is 5.87 Å². The van der Waals surface area contributed by atoms with Gasteiger partial charge in [0.25, 0.3) is 0 Å². The second-order valence-corrected chi connectivity index (χ2v) is 3.36. The zero-order valence-corrected chi connectivity index (χ0v) is 7.90. The van der Waals surface area contributed by atoms with E-state index in [1.54, 1.807) is 0 Å². The zero-order chi connectivity index (χ0) is 9.80. The van der Waals surface area contributed by atoms with Gasteiger partial charge in [0.2, 0.25) is 0 Å². The van der Waals surface area contributed by atoms with Crippen molar-refractivity contribution in [3.05, 3.63) is 58.2 Å². The largest absolute Gasteiger partial charge is 0.763 e. The van der Waals surface area contributed by atoms with Gasteiger partial charge >= 0.3 is 0 Å². The Bertz CT molecular complexity index is 467. The van der Waals surface area contributed by atoms with E-state index in [2.05, 4.69) is 24.4 Å². The van der Waals surface area contributed by atoms with Crippen LogP contribution in [-0.2, 0) is 0 Å². The molecule has 1 aromatic rings. The predicted molar refractivity (Wildman–Crippen MR) is 59.2 cm³/mol. The number of hydrogen-bond acceptors (Lipinski definition) is 0. The van der Waals surface area contributed by atoms with Gasteiger partial charge in [-0.2, -0.15) is 0 Å². The molecule has 0 unspecified atom stereocenters. The highest BCUT2D eigenvalue weighted by Gasteiger charge is 2.09. The monoisotopic (exact) mass is 181 g/mol. The summed E-state index contributed by atoms with van der Waals surface area (Å²) < 4.78 is 0. The van der Waals surface area contributed by atoms with Gasteiger partial charge in [0.15, 0.2) is 0 Å². The molecule has 0 heterocycles. The Balaban J connectivity index is 2.37. The quantitative estimate of drug-likeness (QED) is 0.460. The summed E-state index contributed by atoms with van der Waals surface area (Å²) in [5.74, 6) is 2.11. The third-order valence-corrected chi connectivity index (χ3v) is 2.30. The first-order valence-corrected chi connectivity index (χ1v) is 4.77. The molecule has 1 nitrogen and oxygen atoms in total. The summed E-state index contributed by atoms with van der Waals surface area (Å²) in [6.07, 6.45) is 8.93. The first kappa shape index (κ1) is 8.86. The molecule has 1 heteroatoms. The van der Waals surface area contributed by atoms with Gasteiger partial charge in [-0.05, 0) is 29.5 Å². The molecule has 0 amide bonds. The molecule has 1 aromatic carbocycles. The molecule has 0 N–H and O–H groups in total. The predicted octanol–water partition coefficient (Wildman–Crippen LogP) is 1.30. The normalized spacial score (nSPS) is 14.1. The lowest BCUT2D eigenvalue weighted by atomic mass is 10.2. The van der Waals surface area contributed by atoms with E-state index >= 15 is 0 Å². The van der Waals surface area contributed by atoms with Crippen molar-refractivity contribution in [2.45, 2.75) is 12.8 Å². The van der Waals surface area contributed by atoms with Gasteiger partial charge in [0.1, 0.15) is 5.57 Å². The van der Waals surface area contributed by atoms with Crippen LogP contribution in [0.3, 0.4) is 0 Å². The maximum atomic E-state index is 8.63. The van der Waals surface area contributed by atoms with Crippen LogP contribution in [0.1, 0.15) is 12.8 Å². The van der Waals surface area contributed by atoms with Crippen LogP contribution in [-0.4, -0.2) is 5.87 Å². The van der Waals surface area contributed by atoms with Gasteiger partial charge < -0.3 is 5.41 Å². The smallest absolute Gasteiger partial charge is 0.126 e. The van der Waals surface area contributed by atoms with Gasteiger partial charge in [-0.25, -0.2) is 0 Å². The lowest BCUT2D eigenvalue weighted by Crippen LogP contribution is -2.07. The fraction of sp³-hybridized carbons (Fsp3) is 0.154. The molecule has 0 radical (unpaired) electrons. The molecule has 0 aliphatic heterocycles. The second-order valence-electron chi connectivity index (χ2n) is 3.36. The summed E-state index contributed by atoms with van der Waals surface area (Å²) in [7, 11) is 0. The van der Waals surface area contributed by atoms with E-state index in [4.69, 9.17) is 5.41 Å². The van der Waals surface area contributed by atoms with E-state index in [1.807, 2.05) is 24.3 Å². The topological polar surface area (TPSA) is 22.3 Å². The van der Waals surface area contributed by atoms with E-state index in [0.29, 0.717) is 5.22 Å². The molecule has 0 bridgehead atoms. The maximum absolute atomic E-state index is 8.63. The minimum Gasteiger partial charge on any atom is -0.763 e. The van der Waals surface area contributed by atoms with Crippen molar-refractivity contribution in [3.63, 3.8) is 0 Å². The minimum atomic E-state index is 0.714. The van der Waals surface area contributed by atoms with Crippen LogP contribution in [0.4, 0.5) is 0 Å². The van der Waals surface area contributed by atoms with Crippen LogP contribution in [0.5, 0.6) is 0 Å². The van der Waals surface area contributed by atoms with Crippen LogP contribution in [0, 0.1) is 6.42 Å². The Labute approximate surface area is 83.6 Å². The summed E-state index contributed by atoms with van der Waals surface area (Å²) in [4.78, 5) is 0. The Morgan fingerprint density at radius 2 is 2.07 bits per heavy atom. The average molecular weight is 181 g/mol. The van der Waals surface area contributed by atoms with Crippen LogP contribution in [0.15, 0.2) is 35.9 Å². The van der Waals surface area contributed by atoms with Crippen molar-refractivity contribution in [2.75, 3.05) is 0 Å². The molecule has 1 aliphatic carbocycles. The van der Waals surface area contributed by atoms with Crippen molar-refractivity contribution in [1.29, 1.82) is 0 Å². The average Bonchev–Trinajstić information content (AvgIpc) is 2.72. The molecule has 0 aromatic heterocycles. The number of benzene rings is 1.